The molecular weight excluding hydrogens is 248 g/mol. The van der Waals surface area contributed by atoms with Crippen LogP contribution < -0.4 is 10.1 Å². The molecule has 0 aromatic carbocycles. The Morgan fingerprint density at radius 2 is 2.37 bits per heavy atom. The molecular formula is C13H22N2O4. The Balaban J connectivity index is 2.38. The molecule has 6 nitrogen and oxygen atoms in total. The zero-order chi connectivity index (χ0) is 14.3. The van der Waals surface area contributed by atoms with Gasteiger partial charge in [-0.3, -0.25) is 4.79 Å². The van der Waals surface area contributed by atoms with Crippen molar-refractivity contribution in [1.82, 2.24) is 10.5 Å². The van der Waals surface area contributed by atoms with Crippen LogP contribution in [-0.4, -0.2) is 35.9 Å². The summed E-state index contributed by atoms with van der Waals surface area (Å²) in [7, 11) is 1.51. The monoisotopic (exact) mass is 270 g/mol. The molecule has 0 aliphatic rings. The molecule has 108 valence electrons. The maximum absolute atomic E-state index is 11.8. The molecule has 0 saturated heterocycles. The standard InChI is InChI=1S/C13H22N2O4/c1-4-9(2)11(8-16)14-12(17)6-5-10-7-13(18-3)15-19-10/h7,9,11,16H,4-6,8H2,1-3H3,(H,14,17)/t9-,11+/m1/s1. The van der Waals surface area contributed by atoms with Crippen molar-refractivity contribution >= 4 is 5.91 Å². The lowest BCUT2D eigenvalue weighted by atomic mass is 10.00. The zero-order valence-electron chi connectivity index (χ0n) is 11.7. The van der Waals surface area contributed by atoms with E-state index in [2.05, 4.69) is 10.5 Å². The van der Waals surface area contributed by atoms with Gasteiger partial charge in [-0.25, -0.2) is 0 Å². The molecule has 1 heterocycles. The minimum atomic E-state index is -0.193. The summed E-state index contributed by atoms with van der Waals surface area (Å²) >= 11 is 0. The van der Waals surface area contributed by atoms with Crippen molar-refractivity contribution in [3.05, 3.63) is 11.8 Å². The third-order valence-corrected chi connectivity index (χ3v) is 3.22. The van der Waals surface area contributed by atoms with Crippen LogP contribution in [-0.2, 0) is 11.2 Å². The van der Waals surface area contributed by atoms with Gasteiger partial charge in [0.05, 0.1) is 19.8 Å². The smallest absolute Gasteiger partial charge is 0.254 e. The van der Waals surface area contributed by atoms with Crippen molar-refractivity contribution in [3.8, 4) is 5.88 Å². The molecule has 0 spiro atoms. The van der Waals surface area contributed by atoms with Gasteiger partial charge in [-0.15, -0.1) is 0 Å². The van der Waals surface area contributed by atoms with Crippen LogP contribution in [0.25, 0.3) is 0 Å². The molecule has 0 saturated carbocycles. The van der Waals surface area contributed by atoms with Crippen molar-refractivity contribution in [2.24, 2.45) is 5.92 Å². The highest BCUT2D eigenvalue weighted by atomic mass is 16.5. The van der Waals surface area contributed by atoms with Crippen LogP contribution >= 0.6 is 0 Å². The van der Waals surface area contributed by atoms with E-state index in [9.17, 15) is 9.90 Å². The number of aryl methyl sites for hydroxylation is 1. The molecule has 0 unspecified atom stereocenters. The molecule has 0 aliphatic carbocycles. The average molecular weight is 270 g/mol. The number of hydrogen-bond donors (Lipinski definition) is 2. The minimum Gasteiger partial charge on any atom is -0.479 e. The van der Waals surface area contributed by atoms with Gasteiger partial charge in [-0.05, 0) is 11.1 Å². The predicted octanol–water partition coefficient (Wildman–Crippen LogP) is 1.14. The van der Waals surface area contributed by atoms with E-state index in [0.29, 0.717) is 24.5 Å². The second-order valence-corrected chi connectivity index (χ2v) is 4.58. The predicted molar refractivity (Wildman–Crippen MR) is 69.8 cm³/mol. The molecule has 0 fully saturated rings. The molecule has 1 aromatic heterocycles. The summed E-state index contributed by atoms with van der Waals surface area (Å²) in [5.41, 5.74) is 0. The van der Waals surface area contributed by atoms with Gasteiger partial charge in [0.1, 0.15) is 5.76 Å². The first-order valence-corrected chi connectivity index (χ1v) is 6.50. The van der Waals surface area contributed by atoms with Crippen molar-refractivity contribution in [3.63, 3.8) is 0 Å². The third kappa shape index (κ3) is 4.90. The number of nitrogens with zero attached hydrogens (tertiary/aromatic N) is 1. The number of methoxy groups -OCH3 is 1. The number of aliphatic hydroxyl groups excluding tert-OH is 1. The first-order valence-electron chi connectivity index (χ1n) is 6.50. The lowest BCUT2D eigenvalue weighted by Crippen LogP contribution is -2.41. The summed E-state index contributed by atoms with van der Waals surface area (Å²) in [4.78, 5) is 11.8. The Labute approximate surface area is 113 Å². The fourth-order valence-corrected chi connectivity index (χ4v) is 1.68. The van der Waals surface area contributed by atoms with E-state index in [4.69, 9.17) is 9.26 Å². The van der Waals surface area contributed by atoms with Crippen molar-refractivity contribution in [1.29, 1.82) is 0 Å². The molecule has 6 heteroatoms. The molecule has 1 aromatic rings. The minimum absolute atomic E-state index is 0.0448. The summed E-state index contributed by atoms with van der Waals surface area (Å²) in [6.07, 6.45) is 1.66. The number of nitrogens with one attached hydrogen (secondary N) is 1. The molecule has 2 atom stereocenters. The van der Waals surface area contributed by atoms with Gasteiger partial charge in [0.15, 0.2) is 0 Å². The van der Waals surface area contributed by atoms with Crippen LogP contribution in [0, 0.1) is 5.92 Å². The Hall–Kier alpha value is -1.56. The van der Waals surface area contributed by atoms with Gasteiger partial charge in [0.25, 0.3) is 5.88 Å². The highest BCUT2D eigenvalue weighted by molar-refractivity contribution is 5.76. The number of carbonyl (C=O) groups excluding carboxylic acids is 1. The number of aromatic nitrogens is 1. The van der Waals surface area contributed by atoms with Gasteiger partial charge in [-0.2, -0.15) is 0 Å². The van der Waals surface area contributed by atoms with Gasteiger partial charge in [-0.1, -0.05) is 20.3 Å². The van der Waals surface area contributed by atoms with Gasteiger partial charge < -0.3 is 19.7 Å². The Bertz CT molecular complexity index is 392. The maximum atomic E-state index is 11.8. The fourth-order valence-electron chi connectivity index (χ4n) is 1.68. The SMILES string of the molecule is CC[C@@H](C)[C@H](CO)NC(=O)CCc1cc(OC)no1. The zero-order valence-corrected chi connectivity index (χ0v) is 11.7. The van der Waals surface area contributed by atoms with Gasteiger partial charge >= 0.3 is 0 Å². The molecule has 2 N–H and O–H groups in total. The molecule has 1 rings (SSSR count). The molecule has 0 aliphatic heterocycles. The van der Waals surface area contributed by atoms with Crippen LogP contribution in [0.1, 0.15) is 32.4 Å². The Morgan fingerprint density at radius 3 is 2.89 bits per heavy atom. The van der Waals surface area contributed by atoms with Gasteiger partial charge in [0, 0.05) is 18.9 Å². The second-order valence-electron chi connectivity index (χ2n) is 4.58. The molecule has 0 bridgehead atoms. The molecule has 19 heavy (non-hydrogen) atoms. The summed E-state index contributed by atoms with van der Waals surface area (Å²) in [5.74, 6) is 1.16. The average Bonchev–Trinajstić information content (AvgIpc) is 2.89. The lowest BCUT2D eigenvalue weighted by molar-refractivity contribution is -0.122. The van der Waals surface area contributed by atoms with Crippen molar-refractivity contribution < 1.29 is 19.2 Å². The van der Waals surface area contributed by atoms with E-state index >= 15 is 0 Å². The maximum Gasteiger partial charge on any atom is 0.254 e. The second kappa shape index (κ2) is 7.78. The van der Waals surface area contributed by atoms with E-state index in [1.165, 1.54) is 7.11 Å². The number of ether oxygens (including phenoxy) is 1. The van der Waals surface area contributed by atoms with E-state index in [1.807, 2.05) is 13.8 Å². The topological polar surface area (TPSA) is 84.6 Å². The number of hydrogen-bond acceptors (Lipinski definition) is 5. The van der Waals surface area contributed by atoms with Crippen molar-refractivity contribution in [2.75, 3.05) is 13.7 Å². The summed E-state index contributed by atoms with van der Waals surface area (Å²) < 4.78 is 9.89. The quantitative estimate of drug-likeness (QED) is 0.740. The highest BCUT2D eigenvalue weighted by Gasteiger charge is 2.17. The number of amides is 1. The third-order valence-electron chi connectivity index (χ3n) is 3.22. The van der Waals surface area contributed by atoms with E-state index in [0.717, 1.165) is 6.42 Å². The van der Waals surface area contributed by atoms with Crippen LogP contribution in [0.2, 0.25) is 0 Å². The van der Waals surface area contributed by atoms with Crippen LogP contribution in [0.3, 0.4) is 0 Å². The number of rotatable bonds is 8. The number of carbonyl (C=O) groups is 1. The highest BCUT2D eigenvalue weighted by Crippen LogP contribution is 2.12. The van der Waals surface area contributed by atoms with Crippen LogP contribution in [0.5, 0.6) is 5.88 Å². The van der Waals surface area contributed by atoms with Crippen molar-refractivity contribution in [2.45, 2.75) is 39.2 Å². The van der Waals surface area contributed by atoms with Gasteiger partial charge in [0.2, 0.25) is 5.91 Å². The van der Waals surface area contributed by atoms with Crippen LogP contribution in [0.4, 0.5) is 0 Å². The normalized spacial score (nSPS) is 13.9. The van der Waals surface area contributed by atoms with E-state index in [1.54, 1.807) is 6.07 Å². The first kappa shape index (κ1) is 15.5. The fraction of sp³-hybridized carbons (Fsp3) is 0.692. The number of aliphatic hydroxyl groups is 1. The lowest BCUT2D eigenvalue weighted by Gasteiger charge is -2.21. The Morgan fingerprint density at radius 1 is 1.63 bits per heavy atom. The molecule has 1 amide bonds. The largest absolute Gasteiger partial charge is 0.479 e. The molecule has 0 radical (unpaired) electrons. The van der Waals surface area contributed by atoms with E-state index in [-0.39, 0.29) is 24.5 Å². The first-order chi connectivity index (χ1) is 9.10. The van der Waals surface area contributed by atoms with Crippen LogP contribution in [0.15, 0.2) is 10.6 Å². The summed E-state index contributed by atoms with van der Waals surface area (Å²) in [6.45, 7) is 3.99. The Kier molecular flexibility index (Phi) is 6.35. The summed E-state index contributed by atoms with van der Waals surface area (Å²) in [6, 6.07) is 1.47. The van der Waals surface area contributed by atoms with E-state index < -0.39 is 0 Å². The summed E-state index contributed by atoms with van der Waals surface area (Å²) in [5, 5.41) is 15.7.